The van der Waals surface area contributed by atoms with Crippen molar-refractivity contribution < 1.29 is 9.47 Å². The maximum absolute atomic E-state index is 5.99. The Morgan fingerprint density at radius 1 is 1.29 bits per heavy atom. The fourth-order valence-corrected chi connectivity index (χ4v) is 3.12. The van der Waals surface area contributed by atoms with E-state index in [1.807, 2.05) is 37.1 Å². The lowest BCUT2D eigenvalue weighted by Crippen LogP contribution is -2.41. The van der Waals surface area contributed by atoms with Crippen LogP contribution < -0.4 is 10.1 Å². The number of nitrogens with one attached hydrogen (secondary N) is 1. The zero-order chi connectivity index (χ0) is 16.5. The molecule has 0 radical (unpaired) electrons. The van der Waals surface area contributed by atoms with Crippen molar-refractivity contribution in [3.8, 4) is 5.75 Å². The first-order valence-corrected chi connectivity index (χ1v) is 8.08. The van der Waals surface area contributed by atoms with Crippen molar-refractivity contribution in [1.29, 1.82) is 0 Å². The minimum Gasteiger partial charge on any atom is -0.483 e. The van der Waals surface area contributed by atoms with E-state index in [1.54, 1.807) is 10.9 Å². The van der Waals surface area contributed by atoms with Crippen LogP contribution in [-0.4, -0.2) is 44.9 Å². The van der Waals surface area contributed by atoms with Gasteiger partial charge in [0.2, 0.25) is 0 Å². The number of hydrogen-bond acceptors (Lipinski definition) is 5. The molecule has 2 aromatic heterocycles. The van der Waals surface area contributed by atoms with Crippen molar-refractivity contribution in [3.05, 3.63) is 42.4 Å². The molecule has 0 spiro atoms. The number of para-hydroxylation sites is 1. The van der Waals surface area contributed by atoms with Crippen molar-refractivity contribution in [2.75, 3.05) is 13.2 Å². The average molecular weight is 327 g/mol. The van der Waals surface area contributed by atoms with Gasteiger partial charge in [0, 0.05) is 26.0 Å². The number of hydrogen-bond donors (Lipinski definition) is 1. The van der Waals surface area contributed by atoms with Gasteiger partial charge in [-0.3, -0.25) is 9.36 Å². The number of ether oxygens (including phenoxy) is 2. The first-order chi connectivity index (χ1) is 11.7. The van der Waals surface area contributed by atoms with Crippen LogP contribution >= 0.6 is 0 Å². The summed E-state index contributed by atoms with van der Waals surface area (Å²) in [6.07, 6.45) is 3.56. The van der Waals surface area contributed by atoms with Crippen molar-refractivity contribution >= 4 is 10.9 Å². The Bertz CT molecular complexity index is 840. The molecule has 1 aromatic carbocycles. The van der Waals surface area contributed by atoms with Gasteiger partial charge in [-0.05, 0) is 6.07 Å². The fourth-order valence-electron chi connectivity index (χ4n) is 3.12. The monoisotopic (exact) mass is 327 g/mol. The Morgan fingerprint density at radius 2 is 2.17 bits per heavy atom. The van der Waals surface area contributed by atoms with Gasteiger partial charge < -0.3 is 14.8 Å². The molecule has 1 aliphatic rings. The van der Waals surface area contributed by atoms with E-state index in [9.17, 15) is 0 Å². The molecule has 1 fully saturated rings. The standard InChI is InChI=1S/C17H21N5O2/c1-21-9-12(7-19-21)24-17-11-23-10-15(17)18-8-14-13-5-3-4-6-16(13)22(2)20-14/h3-7,9,15,17-18H,8,10-11H2,1-2H3/t15-,17+/m0/s1. The third-order valence-electron chi connectivity index (χ3n) is 4.36. The molecule has 1 saturated heterocycles. The van der Waals surface area contributed by atoms with E-state index in [4.69, 9.17) is 9.47 Å². The molecule has 0 saturated carbocycles. The van der Waals surface area contributed by atoms with Gasteiger partial charge in [-0.25, -0.2) is 0 Å². The zero-order valence-corrected chi connectivity index (χ0v) is 13.8. The van der Waals surface area contributed by atoms with E-state index in [0.717, 1.165) is 17.0 Å². The van der Waals surface area contributed by atoms with Crippen LogP contribution in [0.15, 0.2) is 36.7 Å². The summed E-state index contributed by atoms with van der Waals surface area (Å²) >= 11 is 0. The molecule has 24 heavy (non-hydrogen) atoms. The van der Waals surface area contributed by atoms with Crippen molar-refractivity contribution in [2.24, 2.45) is 14.1 Å². The molecule has 126 valence electrons. The SMILES string of the molecule is Cn1cc(O[C@@H]2COC[C@@H]2NCc2nn(C)c3ccccc23)cn1. The van der Waals surface area contributed by atoms with Crippen LogP contribution in [0.3, 0.4) is 0 Å². The summed E-state index contributed by atoms with van der Waals surface area (Å²) in [5, 5.41) is 13.5. The van der Waals surface area contributed by atoms with Crippen molar-refractivity contribution in [1.82, 2.24) is 24.9 Å². The highest BCUT2D eigenvalue weighted by Gasteiger charge is 2.30. The number of rotatable bonds is 5. The van der Waals surface area contributed by atoms with Gasteiger partial charge in [-0.2, -0.15) is 10.2 Å². The molecule has 3 aromatic rings. The van der Waals surface area contributed by atoms with Gasteiger partial charge >= 0.3 is 0 Å². The second-order valence-corrected chi connectivity index (χ2v) is 6.12. The van der Waals surface area contributed by atoms with Gasteiger partial charge in [-0.15, -0.1) is 0 Å². The zero-order valence-electron chi connectivity index (χ0n) is 13.8. The van der Waals surface area contributed by atoms with Crippen LogP contribution in [0.1, 0.15) is 5.69 Å². The number of benzene rings is 1. The summed E-state index contributed by atoms with van der Waals surface area (Å²) < 4.78 is 15.2. The molecule has 7 heteroatoms. The minimum atomic E-state index is -0.0239. The molecule has 4 rings (SSSR count). The summed E-state index contributed by atoms with van der Waals surface area (Å²) in [5.41, 5.74) is 2.18. The molecule has 3 heterocycles. The van der Waals surface area contributed by atoms with Crippen LogP contribution in [0.4, 0.5) is 0 Å². The van der Waals surface area contributed by atoms with Gasteiger partial charge in [0.15, 0.2) is 5.75 Å². The second-order valence-electron chi connectivity index (χ2n) is 6.12. The average Bonchev–Trinajstić information content (AvgIpc) is 3.27. The van der Waals surface area contributed by atoms with E-state index in [1.165, 1.54) is 5.39 Å². The first kappa shape index (κ1) is 15.2. The summed E-state index contributed by atoms with van der Waals surface area (Å²) in [4.78, 5) is 0. The highest BCUT2D eigenvalue weighted by atomic mass is 16.5. The number of aromatic nitrogens is 4. The smallest absolute Gasteiger partial charge is 0.157 e. The number of aryl methyl sites for hydroxylation is 2. The molecule has 0 bridgehead atoms. The van der Waals surface area contributed by atoms with Crippen LogP contribution in [-0.2, 0) is 25.4 Å². The Balaban J connectivity index is 1.44. The summed E-state index contributed by atoms with van der Waals surface area (Å²) in [5.74, 6) is 0.767. The highest BCUT2D eigenvalue weighted by molar-refractivity contribution is 5.81. The maximum Gasteiger partial charge on any atom is 0.157 e. The van der Waals surface area contributed by atoms with Crippen LogP contribution in [0.2, 0.25) is 0 Å². The third-order valence-corrected chi connectivity index (χ3v) is 4.36. The Kier molecular flexibility index (Phi) is 3.95. The van der Waals surface area contributed by atoms with Gasteiger partial charge in [0.05, 0.1) is 42.9 Å². The molecule has 0 amide bonds. The maximum atomic E-state index is 5.99. The lowest BCUT2D eigenvalue weighted by atomic mass is 10.2. The van der Waals surface area contributed by atoms with E-state index in [0.29, 0.717) is 19.8 Å². The topological polar surface area (TPSA) is 66.1 Å². The predicted molar refractivity (Wildman–Crippen MR) is 89.8 cm³/mol. The minimum absolute atomic E-state index is 0.0239. The molecule has 0 aliphatic carbocycles. The summed E-state index contributed by atoms with van der Waals surface area (Å²) in [7, 11) is 3.85. The summed E-state index contributed by atoms with van der Waals surface area (Å²) in [6.45, 7) is 1.90. The van der Waals surface area contributed by atoms with Crippen molar-refractivity contribution in [2.45, 2.75) is 18.7 Å². The molecule has 1 N–H and O–H groups in total. The van der Waals surface area contributed by atoms with Crippen LogP contribution in [0.25, 0.3) is 10.9 Å². The predicted octanol–water partition coefficient (Wildman–Crippen LogP) is 1.24. The fraction of sp³-hybridized carbons (Fsp3) is 0.412. The second kappa shape index (κ2) is 6.26. The summed E-state index contributed by atoms with van der Waals surface area (Å²) in [6, 6.07) is 8.39. The molecule has 1 aliphatic heterocycles. The molecule has 2 atom stereocenters. The van der Waals surface area contributed by atoms with E-state index in [-0.39, 0.29) is 12.1 Å². The van der Waals surface area contributed by atoms with Crippen LogP contribution in [0.5, 0.6) is 5.75 Å². The Hall–Kier alpha value is -2.38. The first-order valence-electron chi connectivity index (χ1n) is 8.08. The van der Waals surface area contributed by atoms with Gasteiger partial charge in [0.1, 0.15) is 6.10 Å². The Morgan fingerprint density at radius 3 is 3.00 bits per heavy atom. The van der Waals surface area contributed by atoms with Crippen molar-refractivity contribution in [3.63, 3.8) is 0 Å². The number of fused-ring (bicyclic) bond motifs is 1. The van der Waals surface area contributed by atoms with Crippen LogP contribution in [0, 0.1) is 0 Å². The molecule has 0 unspecified atom stereocenters. The van der Waals surface area contributed by atoms with Gasteiger partial charge in [0.25, 0.3) is 0 Å². The third kappa shape index (κ3) is 2.88. The Labute approximate surface area is 140 Å². The lowest BCUT2D eigenvalue weighted by Gasteiger charge is -2.19. The number of nitrogens with zero attached hydrogens (tertiary/aromatic N) is 4. The van der Waals surface area contributed by atoms with E-state index >= 15 is 0 Å². The molecule has 7 nitrogen and oxygen atoms in total. The quantitative estimate of drug-likeness (QED) is 0.764. The highest BCUT2D eigenvalue weighted by Crippen LogP contribution is 2.19. The normalized spacial score (nSPS) is 20.8. The molecular weight excluding hydrogens is 306 g/mol. The van der Waals surface area contributed by atoms with E-state index < -0.39 is 0 Å². The largest absolute Gasteiger partial charge is 0.483 e. The lowest BCUT2D eigenvalue weighted by molar-refractivity contribution is 0.139. The van der Waals surface area contributed by atoms with E-state index in [2.05, 4.69) is 27.6 Å². The van der Waals surface area contributed by atoms with Gasteiger partial charge in [-0.1, -0.05) is 18.2 Å². The molecular formula is C17H21N5O2.